The number of anilines is 3. The van der Waals surface area contributed by atoms with Crippen LogP contribution in [0, 0.1) is 0 Å². The van der Waals surface area contributed by atoms with E-state index in [2.05, 4.69) is 20.3 Å². The SMILES string of the molecule is COc1ccc(N(c2cccc(NC(O)OC)n2)C(c2cccnc2)c2cccnc2)cn1. The number of aromatic nitrogens is 4. The summed E-state index contributed by atoms with van der Waals surface area (Å²) in [7, 11) is 2.98. The van der Waals surface area contributed by atoms with Gasteiger partial charge in [0.1, 0.15) is 11.6 Å². The summed E-state index contributed by atoms with van der Waals surface area (Å²) in [4.78, 5) is 19.8. The van der Waals surface area contributed by atoms with Crippen molar-refractivity contribution in [2.24, 2.45) is 0 Å². The van der Waals surface area contributed by atoms with E-state index in [4.69, 9.17) is 14.5 Å². The number of hydrogen-bond donors (Lipinski definition) is 2. The number of pyridine rings is 4. The Morgan fingerprint density at radius 1 is 0.879 bits per heavy atom. The van der Waals surface area contributed by atoms with E-state index >= 15 is 0 Å². The van der Waals surface area contributed by atoms with Crippen LogP contribution in [0.3, 0.4) is 0 Å². The number of hydrogen-bond acceptors (Lipinski definition) is 9. The van der Waals surface area contributed by atoms with Crippen molar-refractivity contribution in [1.29, 1.82) is 0 Å². The van der Waals surface area contributed by atoms with Crippen LogP contribution in [0.1, 0.15) is 17.2 Å². The van der Waals surface area contributed by atoms with Crippen molar-refractivity contribution in [2.75, 3.05) is 24.4 Å². The molecule has 0 radical (unpaired) electrons. The Bertz CT molecular complexity index is 1110. The number of ether oxygens (including phenoxy) is 2. The van der Waals surface area contributed by atoms with E-state index in [9.17, 15) is 5.11 Å². The van der Waals surface area contributed by atoms with Crippen molar-refractivity contribution in [3.05, 3.63) is 96.7 Å². The fourth-order valence-electron chi connectivity index (χ4n) is 3.44. The summed E-state index contributed by atoms with van der Waals surface area (Å²) in [6, 6.07) is 16.7. The normalized spacial score (nSPS) is 11.8. The number of methoxy groups -OCH3 is 2. The predicted molar refractivity (Wildman–Crippen MR) is 124 cm³/mol. The van der Waals surface area contributed by atoms with Gasteiger partial charge in [-0.15, -0.1) is 0 Å². The molecule has 4 aromatic heterocycles. The highest BCUT2D eigenvalue weighted by Crippen LogP contribution is 2.38. The van der Waals surface area contributed by atoms with Crippen molar-refractivity contribution in [3.8, 4) is 5.88 Å². The van der Waals surface area contributed by atoms with Gasteiger partial charge in [0.15, 0.2) is 0 Å². The van der Waals surface area contributed by atoms with Crippen LogP contribution in [-0.2, 0) is 4.74 Å². The first-order chi connectivity index (χ1) is 16.2. The maximum Gasteiger partial charge on any atom is 0.236 e. The van der Waals surface area contributed by atoms with Gasteiger partial charge < -0.3 is 24.8 Å². The highest BCUT2D eigenvalue weighted by Gasteiger charge is 2.27. The zero-order chi connectivity index (χ0) is 23.0. The lowest BCUT2D eigenvalue weighted by molar-refractivity contribution is -0.0512. The van der Waals surface area contributed by atoms with Gasteiger partial charge in [0.25, 0.3) is 0 Å². The standard InChI is InChI=1S/C24H24N6O3/c1-32-22-11-10-19(16-27-22)30(21-9-3-8-20(28-21)29-24(31)33-2)23(17-6-4-12-25-14-17)18-7-5-13-26-15-18/h3-16,23-24,31H,1-2H3,(H,28,29). The molecule has 0 saturated carbocycles. The fourth-order valence-corrected chi connectivity index (χ4v) is 3.44. The molecular weight excluding hydrogens is 420 g/mol. The van der Waals surface area contributed by atoms with Gasteiger partial charge in [0.05, 0.1) is 25.0 Å². The molecule has 0 amide bonds. The molecule has 4 heterocycles. The van der Waals surface area contributed by atoms with E-state index in [1.165, 1.54) is 7.11 Å². The van der Waals surface area contributed by atoms with E-state index in [-0.39, 0.29) is 6.04 Å². The molecule has 4 aromatic rings. The van der Waals surface area contributed by atoms with Crippen LogP contribution in [0.2, 0.25) is 0 Å². The van der Waals surface area contributed by atoms with Gasteiger partial charge in [0, 0.05) is 38.0 Å². The molecule has 0 aliphatic carbocycles. The van der Waals surface area contributed by atoms with Crippen LogP contribution in [0.5, 0.6) is 5.88 Å². The molecule has 9 nitrogen and oxygen atoms in total. The Balaban J connectivity index is 1.88. The van der Waals surface area contributed by atoms with Crippen LogP contribution in [0.25, 0.3) is 0 Å². The van der Waals surface area contributed by atoms with Gasteiger partial charge in [-0.3, -0.25) is 9.97 Å². The topological polar surface area (TPSA) is 106 Å². The van der Waals surface area contributed by atoms with E-state index in [1.807, 2.05) is 59.8 Å². The molecule has 4 rings (SSSR count). The Kier molecular flexibility index (Phi) is 7.03. The molecule has 0 saturated heterocycles. The molecule has 9 heteroatoms. The lowest BCUT2D eigenvalue weighted by Gasteiger charge is -2.33. The summed E-state index contributed by atoms with van der Waals surface area (Å²) >= 11 is 0. The molecule has 0 aliphatic rings. The number of aliphatic hydroxyl groups excluding tert-OH is 1. The van der Waals surface area contributed by atoms with Gasteiger partial charge in [-0.25, -0.2) is 9.97 Å². The van der Waals surface area contributed by atoms with Crippen LogP contribution < -0.4 is 15.0 Å². The van der Waals surface area contributed by atoms with E-state index in [0.717, 1.165) is 16.8 Å². The van der Waals surface area contributed by atoms with Crippen LogP contribution in [0.4, 0.5) is 17.3 Å². The summed E-state index contributed by atoms with van der Waals surface area (Å²) in [6.07, 6.45) is 7.65. The predicted octanol–water partition coefficient (Wildman–Crippen LogP) is 3.54. The highest BCUT2D eigenvalue weighted by atomic mass is 16.6. The monoisotopic (exact) mass is 444 g/mol. The molecule has 1 unspecified atom stereocenters. The Hall–Kier alpha value is -4.08. The zero-order valence-electron chi connectivity index (χ0n) is 18.2. The van der Waals surface area contributed by atoms with Crippen LogP contribution >= 0.6 is 0 Å². The molecule has 2 N–H and O–H groups in total. The van der Waals surface area contributed by atoms with Crippen LogP contribution in [0.15, 0.2) is 85.6 Å². The van der Waals surface area contributed by atoms with E-state index in [0.29, 0.717) is 17.5 Å². The molecule has 0 fully saturated rings. The highest BCUT2D eigenvalue weighted by molar-refractivity contribution is 5.65. The first-order valence-corrected chi connectivity index (χ1v) is 10.2. The average Bonchev–Trinajstić information content (AvgIpc) is 2.88. The van der Waals surface area contributed by atoms with Crippen molar-refractivity contribution < 1.29 is 14.6 Å². The second-order valence-electron chi connectivity index (χ2n) is 7.02. The van der Waals surface area contributed by atoms with E-state index in [1.54, 1.807) is 37.8 Å². The van der Waals surface area contributed by atoms with Crippen molar-refractivity contribution in [2.45, 2.75) is 12.5 Å². The minimum Gasteiger partial charge on any atom is -0.481 e. The summed E-state index contributed by atoms with van der Waals surface area (Å²) < 4.78 is 10.1. The number of rotatable bonds is 9. The zero-order valence-corrected chi connectivity index (χ0v) is 18.2. The van der Waals surface area contributed by atoms with Gasteiger partial charge >= 0.3 is 0 Å². The molecular formula is C24H24N6O3. The fraction of sp³-hybridized carbons (Fsp3) is 0.167. The third kappa shape index (κ3) is 5.22. The number of nitrogens with one attached hydrogen (secondary N) is 1. The smallest absolute Gasteiger partial charge is 0.236 e. The third-order valence-electron chi connectivity index (χ3n) is 4.94. The molecule has 0 aromatic carbocycles. The molecule has 168 valence electrons. The van der Waals surface area contributed by atoms with Crippen molar-refractivity contribution in [1.82, 2.24) is 19.9 Å². The second kappa shape index (κ2) is 10.5. The average molecular weight is 444 g/mol. The number of aliphatic hydroxyl groups is 1. The lowest BCUT2D eigenvalue weighted by Crippen LogP contribution is -2.27. The number of nitrogens with zero attached hydrogens (tertiary/aromatic N) is 5. The van der Waals surface area contributed by atoms with Crippen LogP contribution in [-0.4, -0.2) is 45.7 Å². The minimum absolute atomic E-state index is 0.308. The van der Waals surface area contributed by atoms with Gasteiger partial charge in [0.2, 0.25) is 12.3 Å². The molecule has 33 heavy (non-hydrogen) atoms. The lowest BCUT2D eigenvalue weighted by atomic mass is 9.99. The first kappa shape index (κ1) is 22.1. The quantitative estimate of drug-likeness (QED) is 0.375. The summed E-state index contributed by atoms with van der Waals surface area (Å²) in [5.74, 6) is 1.57. The maximum absolute atomic E-state index is 9.85. The van der Waals surface area contributed by atoms with Gasteiger partial charge in [-0.1, -0.05) is 18.2 Å². The first-order valence-electron chi connectivity index (χ1n) is 10.2. The Morgan fingerprint density at radius 3 is 2.15 bits per heavy atom. The molecule has 0 bridgehead atoms. The second-order valence-corrected chi connectivity index (χ2v) is 7.02. The van der Waals surface area contributed by atoms with Crippen molar-refractivity contribution >= 4 is 17.3 Å². The van der Waals surface area contributed by atoms with Gasteiger partial charge in [-0.2, -0.15) is 0 Å². The summed E-state index contributed by atoms with van der Waals surface area (Å²) in [5, 5.41) is 12.7. The van der Waals surface area contributed by atoms with Crippen molar-refractivity contribution in [3.63, 3.8) is 0 Å². The Morgan fingerprint density at radius 2 is 1.61 bits per heavy atom. The molecule has 0 spiro atoms. The third-order valence-corrected chi connectivity index (χ3v) is 4.94. The molecule has 1 atom stereocenters. The molecule has 0 aliphatic heterocycles. The van der Waals surface area contributed by atoms with E-state index < -0.39 is 6.41 Å². The van der Waals surface area contributed by atoms with Gasteiger partial charge in [-0.05, 0) is 41.5 Å². The maximum atomic E-state index is 9.85. The largest absolute Gasteiger partial charge is 0.481 e. The Labute approximate surface area is 191 Å². The summed E-state index contributed by atoms with van der Waals surface area (Å²) in [6.45, 7) is 0. The summed E-state index contributed by atoms with van der Waals surface area (Å²) in [5.41, 5.74) is 2.67. The minimum atomic E-state index is -1.18.